The third kappa shape index (κ3) is 2.34. The van der Waals surface area contributed by atoms with Crippen LogP contribution in [0.25, 0.3) is 0 Å². The fraction of sp³-hybridized carbons (Fsp3) is 0.364. The summed E-state index contributed by atoms with van der Waals surface area (Å²) in [5, 5.41) is 0. The summed E-state index contributed by atoms with van der Waals surface area (Å²) in [6, 6.07) is 9.58. The Kier molecular flexibility index (Phi) is 3.15. The van der Waals surface area contributed by atoms with Crippen LogP contribution in [-0.4, -0.2) is 11.5 Å². The maximum Gasteiger partial charge on any atom is 0.0994 e. The molecule has 0 aliphatic heterocycles. The molecule has 0 saturated carbocycles. The van der Waals surface area contributed by atoms with Gasteiger partial charge < -0.3 is 0 Å². The monoisotopic (exact) mass is 196 g/mol. The molecule has 1 aromatic carbocycles. The lowest BCUT2D eigenvalue weighted by Gasteiger charge is -2.21. The van der Waals surface area contributed by atoms with Crippen LogP contribution in [0.1, 0.15) is 19.4 Å². The van der Waals surface area contributed by atoms with Gasteiger partial charge in [0.25, 0.3) is 0 Å². The molecule has 0 spiro atoms. The lowest BCUT2D eigenvalue weighted by atomic mass is 9.87. The zero-order valence-electron chi connectivity index (χ0n) is 7.88. The summed E-state index contributed by atoms with van der Waals surface area (Å²) in [6.07, 6.45) is 0. The maximum absolute atomic E-state index is 12.6. The van der Waals surface area contributed by atoms with Gasteiger partial charge in [0, 0.05) is 10.3 Å². The van der Waals surface area contributed by atoms with E-state index in [2.05, 4.69) is 0 Å². The summed E-state index contributed by atoms with van der Waals surface area (Å²) in [5.74, 6) is 0. The van der Waals surface area contributed by atoms with Gasteiger partial charge in [-0.15, -0.1) is 0 Å². The number of benzene rings is 1. The average Bonchev–Trinajstić information content (AvgIpc) is 2.18. The van der Waals surface area contributed by atoms with Crippen molar-refractivity contribution in [3.05, 3.63) is 35.9 Å². The van der Waals surface area contributed by atoms with E-state index in [9.17, 15) is 4.39 Å². The van der Waals surface area contributed by atoms with E-state index in [0.717, 1.165) is 5.56 Å². The topological polar surface area (TPSA) is 0 Å². The van der Waals surface area contributed by atoms with Crippen molar-refractivity contribution >= 4 is 17.1 Å². The van der Waals surface area contributed by atoms with Crippen LogP contribution in [0.15, 0.2) is 30.3 Å². The molecule has 13 heavy (non-hydrogen) atoms. The summed E-state index contributed by atoms with van der Waals surface area (Å²) in [4.78, 5) is 0.690. The van der Waals surface area contributed by atoms with Gasteiger partial charge >= 0.3 is 0 Å². The molecule has 0 unspecified atom stereocenters. The Balaban J connectivity index is 2.93. The van der Waals surface area contributed by atoms with Crippen molar-refractivity contribution in [2.75, 3.05) is 6.67 Å². The molecule has 0 amide bonds. The zero-order valence-corrected chi connectivity index (χ0v) is 8.70. The third-order valence-electron chi connectivity index (χ3n) is 1.98. The summed E-state index contributed by atoms with van der Waals surface area (Å²) >= 11 is 5.22. The molecule has 0 fully saturated rings. The number of hydrogen-bond donors (Lipinski definition) is 0. The Hall–Kier alpha value is -0.760. The van der Waals surface area contributed by atoms with Crippen LogP contribution in [0.5, 0.6) is 0 Å². The van der Waals surface area contributed by atoms with Gasteiger partial charge in [-0.1, -0.05) is 56.4 Å². The second-order valence-corrected chi connectivity index (χ2v) is 4.12. The van der Waals surface area contributed by atoms with Crippen molar-refractivity contribution < 1.29 is 4.39 Å². The third-order valence-corrected chi connectivity index (χ3v) is 2.77. The highest BCUT2D eigenvalue weighted by molar-refractivity contribution is 7.81. The normalized spacial score (nSPS) is 11.3. The maximum atomic E-state index is 12.6. The minimum absolute atomic E-state index is 0.416. The molecule has 0 atom stereocenters. The molecule has 0 aromatic heterocycles. The van der Waals surface area contributed by atoms with E-state index in [1.807, 2.05) is 44.2 Å². The highest BCUT2D eigenvalue weighted by Gasteiger charge is 2.24. The number of thiocarbonyl (C=S) groups is 1. The van der Waals surface area contributed by atoms with Crippen molar-refractivity contribution in [2.24, 2.45) is 5.41 Å². The van der Waals surface area contributed by atoms with Crippen LogP contribution in [0.2, 0.25) is 0 Å². The Morgan fingerprint density at radius 3 is 2.31 bits per heavy atom. The smallest absolute Gasteiger partial charge is 0.0994 e. The van der Waals surface area contributed by atoms with Gasteiger partial charge in [0.2, 0.25) is 0 Å². The van der Waals surface area contributed by atoms with Gasteiger partial charge in [0.15, 0.2) is 0 Å². The highest BCUT2D eigenvalue weighted by atomic mass is 32.1. The first-order valence-electron chi connectivity index (χ1n) is 4.24. The fourth-order valence-electron chi connectivity index (χ4n) is 1.04. The molecule has 0 aliphatic rings. The van der Waals surface area contributed by atoms with Crippen molar-refractivity contribution in [2.45, 2.75) is 13.8 Å². The molecule has 70 valence electrons. The van der Waals surface area contributed by atoms with Crippen LogP contribution in [-0.2, 0) is 0 Å². The minimum atomic E-state index is -0.531. The molecule has 0 aliphatic carbocycles. The first-order chi connectivity index (χ1) is 6.08. The average molecular weight is 196 g/mol. The number of alkyl halides is 1. The molecule has 1 rings (SSSR count). The molecule has 0 bridgehead atoms. The molecule has 0 N–H and O–H groups in total. The predicted molar refractivity (Wildman–Crippen MR) is 57.9 cm³/mol. The van der Waals surface area contributed by atoms with Crippen molar-refractivity contribution in [3.8, 4) is 0 Å². The largest absolute Gasteiger partial charge is 0.250 e. The standard InChI is InChI=1S/C11H13FS/c1-11(2,8-12)10(13)9-6-4-3-5-7-9/h3-7H,8H2,1-2H3. The van der Waals surface area contributed by atoms with E-state index in [4.69, 9.17) is 12.2 Å². The van der Waals surface area contributed by atoms with E-state index >= 15 is 0 Å². The van der Waals surface area contributed by atoms with Gasteiger partial charge in [-0.25, -0.2) is 0 Å². The molecule has 0 radical (unpaired) electrons. The Bertz CT molecular complexity index is 290. The van der Waals surface area contributed by atoms with E-state index < -0.39 is 12.1 Å². The van der Waals surface area contributed by atoms with Crippen molar-refractivity contribution in [1.29, 1.82) is 0 Å². The molecule has 1 aromatic rings. The molecular weight excluding hydrogens is 183 g/mol. The highest BCUT2D eigenvalue weighted by Crippen LogP contribution is 2.23. The van der Waals surface area contributed by atoms with Crippen LogP contribution >= 0.6 is 12.2 Å². The molecule has 0 nitrogen and oxygen atoms in total. The first kappa shape index (κ1) is 10.3. The summed E-state index contributed by atoms with van der Waals surface area (Å²) < 4.78 is 12.6. The number of halogens is 1. The van der Waals surface area contributed by atoms with Gasteiger partial charge in [-0.3, -0.25) is 4.39 Å². The molecule has 0 heterocycles. The predicted octanol–water partition coefficient (Wildman–Crippen LogP) is 3.40. The Morgan fingerprint density at radius 2 is 1.85 bits per heavy atom. The van der Waals surface area contributed by atoms with Gasteiger partial charge in [0.1, 0.15) is 0 Å². The lowest BCUT2D eigenvalue weighted by molar-refractivity contribution is 0.349. The van der Waals surface area contributed by atoms with Crippen LogP contribution < -0.4 is 0 Å². The second-order valence-electron chi connectivity index (χ2n) is 3.71. The summed E-state index contributed by atoms with van der Waals surface area (Å²) in [7, 11) is 0. The lowest BCUT2D eigenvalue weighted by Crippen LogP contribution is -2.25. The number of hydrogen-bond acceptors (Lipinski definition) is 1. The van der Waals surface area contributed by atoms with E-state index in [-0.39, 0.29) is 0 Å². The second kappa shape index (κ2) is 3.97. The Morgan fingerprint density at radius 1 is 1.31 bits per heavy atom. The summed E-state index contributed by atoms with van der Waals surface area (Å²) in [6.45, 7) is 3.23. The van der Waals surface area contributed by atoms with E-state index in [1.165, 1.54) is 0 Å². The van der Waals surface area contributed by atoms with Crippen LogP contribution in [0.3, 0.4) is 0 Å². The molecular formula is C11H13FS. The van der Waals surface area contributed by atoms with E-state index in [1.54, 1.807) is 0 Å². The molecule has 0 saturated heterocycles. The van der Waals surface area contributed by atoms with Crippen molar-refractivity contribution in [1.82, 2.24) is 0 Å². The fourth-order valence-corrected chi connectivity index (χ4v) is 1.23. The Labute approximate surface area is 83.8 Å². The van der Waals surface area contributed by atoms with E-state index in [0.29, 0.717) is 4.86 Å². The number of rotatable bonds is 3. The first-order valence-corrected chi connectivity index (χ1v) is 4.64. The van der Waals surface area contributed by atoms with Gasteiger partial charge in [-0.05, 0) is 5.56 Å². The SMILES string of the molecule is CC(C)(CF)C(=S)c1ccccc1. The van der Waals surface area contributed by atoms with Gasteiger partial charge in [0.05, 0.1) is 6.67 Å². The minimum Gasteiger partial charge on any atom is -0.250 e. The zero-order chi connectivity index (χ0) is 9.90. The summed E-state index contributed by atoms with van der Waals surface area (Å²) in [5.41, 5.74) is 0.414. The van der Waals surface area contributed by atoms with Crippen LogP contribution in [0, 0.1) is 5.41 Å². The quantitative estimate of drug-likeness (QED) is 0.527. The van der Waals surface area contributed by atoms with Crippen LogP contribution in [0.4, 0.5) is 4.39 Å². The van der Waals surface area contributed by atoms with Gasteiger partial charge in [-0.2, -0.15) is 0 Å². The molecule has 2 heteroatoms. The van der Waals surface area contributed by atoms with Crippen molar-refractivity contribution in [3.63, 3.8) is 0 Å².